The van der Waals surface area contributed by atoms with Crippen LogP contribution in [0.4, 0.5) is 0 Å². The van der Waals surface area contributed by atoms with Crippen LogP contribution in [-0.2, 0) is 4.79 Å². The second kappa shape index (κ2) is 7.40. The average Bonchev–Trinajstić information content (AvgIpc) is 3.17. The Morgan fingerprint density at radius 1 is 1.14 bits per heavy atom. The molecule has 0 spiro atoms. The zero-order valence-electron chi connectivity index (χ0n) is 16.1. The van der Waals surface area contributed by atoms with Gasteiger partial charge >= 0.3 is 0 Å². The number of aromatic amines is 1. The zero-order valence-corrected chi connectivity index (χ0v) is 16.9. The summed E-state index contributed by atoms with van der Waals surface area (Å²) in [5.74, 6) is 0.788. The molecule has 0 radical (unpaired) electrons. The summed E-state index contributed by atoms with van der Waals surface area (Å²) in [5.41, 5.74) is 2.59. The van der Waals surface area contributed by atoms with Gasteiger partial charge in [0.05, 0.1) is 5.36 Å². The van der Waals surface area contributed by atoms with Crippen LogP contribution < -0.4 is 15.9 Å². The number of fused-ring (bicyclic) bond motifs is 3. The van der Waals surface area contributed by atoms with Crippen LogP contribution in [0.3, 0.4) is 0 Å². The Labute approximate surface area is 172 Å². The van der Waals surface area contributed by atoms with Gasteiger partial charge < -0.3 is 4.98 Å². The van der Waals surface area contributed by atoms with E-state index in [0.29, 0.717) is 10.9 Å². The van der Waals surface area contributed by atoms with Crippen molar-refractivity contribution in [2.75, 3.05) is 5.75 Å². The number of aromatic nitrogens is 1. The quantitative estimate of drug-likeness (QED) is 0.658. The summed E-state index contributed by atoms with van der Waals surface area (Å²) in [7, 11) is 0. The van der Waals surface area contributed by atoms with E-state index in [1.165, 1.54) is 0 Å². The van der Waals surface area contributed by atoms with E-state index in [1.54, 1.807) is 16.8 Å². The van der Waals surface area contributed by atoms with Crippen LogP contribution in [0.1, 0.15) is 31.5 Å². The number of carbonyl (C=O) groups excluding carboxylic acids is 1. The molecule has 0 unspecified atom stereocenters. The van der Waals surface area contributed by atoms with Gasteiger partial charge in [-0.1, -0.05) is 61.5 Å². The van der Waals surface area contributed by atoms with Crippen molar-refractivity contribution in [3.05, 3.63) is 70.9 Å². The molecule has 2 N–H and O–H groups in total. The van der Waals surface area contributed by atoms with Crippen LogP contribution >= 0.6 is 11.8 Å². The van der Waals surface area contributed by atoms with Crippen LogP contribution in [0.25, 0.3) is 16.6 Å². The maximum absolute atomic E-state index is 13.1. The van der Waals surface area contributed by atoms with Crippen molar-refractivity contribution in [1.82, 2.24) is 15.3 Å². The minimum absolute atomic E-state index is 0.133. The maximum atomic E-state index is 13.1. The van der Waals surface area contributed by atoms with Crippen LogP contribution in [0, 0.1) is 0 Å². The first kappa shape index (κ1) is 18.0. The first-order valence-corrected chi connectivity index (χ1v) is 10.8. The van der Waals surface area contributed by atoms with Crippen molar-refractivity contribution in [2.24, 2.45) is 10.1 Å². The molecule has 7 heteroatoms. The van der Waals surface area contributed by atoms with Crippen LogP contribution in [0.5, 0.6) is 0 Å². The lowest BCUT2D eigenvalue weighted by atomic mass is 10.1. The number of amides is 1. The van der Waals surface area contributed by atoms with E-state index in [9.17, 15) is 4.79 Å². The molecule has 1 atom stereocenters. The first-order valence-electron chi connectivity index (χ1n) is 9.81. The molecule has 2 aromatic carbocycles. The molecule has 2 aliphatic rings. The first-order chi connectivity index (χ1) is 14.3. The van der Waals surface area contributed by atoms with Crippen molar-refractivity contribution in [3.63, 3.8) is 0 Å². The highest BCUT2D eigenvalue weighted by Crippen LogP contribution is 2.34. The number of hydrogen-bond donors (Lipinski definition) is 2. The zero-order chi connectivity index (χ0) is 19.8. The smallest absolute Gasteiger partial charge is 0.276 e. The fourth-order valence-corrected chi connectivity index (χ4v) is 4.65. The highest BCUT2D eigenvalue weighted by molar-refractivity contribution is 8.13. The molecule has 6 nitrogen and oxygen atoms in total. The number of thioether (sulfide) groups is 1. The maximum Gasteiger partial charge on any atom is 0.276 e. The summed E-state index contributed by atoms with van der Waals surface area (Å²) in [4.78, 5) is 21.4. The summed E-state index contributed by atoms with van der Waals surface area (Å²) in [5, 5.41) is 12.9. The Bertz CT molecular complexity index is 1250. The number of hydrogen-bond acceptors (Lipinski definition) is 5. The van der Waals surface area contributed by atoms with E-state index in [0.717, 1.165) is 45.6 Å². The lowest BCUT2D eigenvalue weighted by Crippen LogP contribution is -2.50. The predicted octanol–water partition coefficient (Wildman–Crippen LogP) is 2.84. The molecular weight excluding hydrogens is 382 g/mol. The minimum atomic E-state index is -0.399. The van der Waals surface area contributed by atoms with Gasteiger partial charge in [0.2, 0.25) is 0 Å². The fraction of sp³-hybridized carbons (Fsp3) is 0.227. The van der Waals surface area contributed by atoms with Crippen molar-refractivity contribution in [1.29, 1.82) is 0 Å². The van der Waals surface area contributed by atoms with Gasteiger partial charge in [0.15, 0.2) is 11.3 Å². The van der Waals surface area contributed by atoms with E-state index in [2.05, 4.69) is 23.3 Å². The second-order valence-electron chi connectivity index (χ2n) is 7.06. The normalized spacial score (nSPS) is 18.0. The molecule has 0 saturated carbocycles. The molecule has 0 fully saturated rings. The van der Waals surface area contributed by atoms with Crippen molar-refractivity contribution in [2.45, 2.75) is 25.9 Å². The highest BCUT2D eigenvalue weighted by atomic mass is 32.2. The largest absolute Gasteiger partial charge is 0.361 e. The number of para-hydroxylation sites is 2. The molecule has 1 amide bonds. The van der Waals surface area contributed by atoms with E-state index < -0.39 is 6.17 Å². The summed E-state index contributed by atoms with van der Waals surface area (Å²) in [6.45, 7) is 2.15. The molecule has 1 aromatic heterocycles. The van der Waals surface area contributed by atoms with Crippen molar-refractivity contribution >= 4 is 39.4 Å². The van der Waals surface area contributed by atoms with E-state index in [1.807, 2.05) is 48.7 Å². The molecule has 3 aromatic rings. The lowest BCUT2D eigenvalue weighted by Gasteiger charge is -2.33. The second-order valence-corrected chi connectivity index (χ2v) is 8.15. The van der Waals surface area contributed by atoms with Gasteiger partial charge in [0.25, 0.3) is 5.91 Å². The lowest BCUT2D eigenvalue weighted by molar-refractivity contribution is -0.116. The number of benzene rings is 2. The summed E-state index contributed by atoms with van der Waals surface area (Å²) in [6.07, 6.45) is 3.76. The van der Waals surface area contributed by atoms with Crippen LogP contribution in [-0.4, -0.2) is 26.8 Å². The molecule has 0 saturated heterocycles. The number of unbranched alkanes of at least 4 members (excludes halogenated alkanes) is 1. The molecule has 3 heterocycles. The molecular formula is C22H21N5OS. The summed E-state index contributed by atoms with van der Waals surface area (Å²) in [6, 6.07) is 15.9. The number of nitrogens with one attached hydrogen (secondary N) is 2. The number of H-pyrrole nitrogens is 1. The number of carbonyl (C=O) groups is 1. The monoisotopic (exact) mass is 403 g/mol. The van der Waals surface area contributed by atoms with Gasteiger partial charge in [0, 0.05) is 33.6 Å². The third kappa shape index (κ3) is 3.11. The van der Waals surface area contributed by atoms with Gasteiger partial charge in [-0.25, -0.2) is 5.01 Å². The van der Waals surface area contributed by atoms with Crippen LogP contribution in [0.2, 0.25) is 0 Å². The molecule has 29 heavy (non-hydrogen) atoms. The van der Waals surface area contributed by atoms with Gasteiger partial charge in [0.1, 0.15) is 5.70 Å². The molecule has 5 rings (SSSR count). The SMILES string of the molecule is CCCCSC1=NN2C(=c3ccccc3=N[C@H]2c2c[nH]c3ccccc23)C(=O)N1. The topological polar surface area (TPSA) is 72.8 Å². The van der Waals surface area contributed by atoms with E-state index in [4.69, 9.17) is 10.1 Å². The van der Waals surface area contributed by atoms with Crippen molar-refractivity contribution < 1.29 is 4.79 Å². The van der Waals surface area contributed by atoms with Gasteiger partial charge in [-0.2, -0.15) is 0 Å². The number of amidine groups is 1. The Hall–Kier alpha value is -3.06. The van der Waals surface area contributed by atoms with Crippen LogP contribution in [0.15, 0.2) is 64.8 Å². The number of rotatable bonds is 4. The van der Waals surface area contributed by atoms with E-state index in [-0.39, 0.29) is 5.91 Å². The third-order valence-corrected chi connectivity index (χ3v) is 6.10. The molecule has 0 aliphatic carbocycles. The number of hydrazone groups is 1. The standard InChI is InChI=1S/C22H21N5OS/c1-2-3-12-29-22-25-21(28)19-15-9-5-7-11-18(15)24-20(27(19)26-22)16-13-23-17-10-6-4-8-14(16)17/h4-11,13,20,23H,2-3,12H2,1H3,(H,25,26,28)/t20-/m1/s1. The third-order valence-electron chi connectivity index (χ3n) is 5.15. The van der Waals surface area contributed by atoms with Gasteiger partial charge in [-0.15, -0.1) is 5.10 Å². The van der Waals surface area contributed by atoms with Gasteiger partial charge in [-0.05, 0) is 18.6 Å². The predicted molar refractivity (Wildman–Crippen MR) is 116 cm³/mol. The van der Waals surface area contributed by atoms with Crippen molar-refractivity contribution in [3.8, 4) is 0 Å². The average molecular weight is 404 g/mol. The highest BCUT2D eigenvalue weighted by Gasteiger charge is 2.35. The molecule has 146 valence electrons. The minimum Gasteiger partial charge on any atom is -0.361 e. The number of nitrogens with zero attached hydrogens (tertiary/aromatic N) is 3. The van der Waals surface area contributed by atoms with E-state index >= 15 is 0 Å². The Kier molecular flexibility index (Phi) is 4.60. The Morgan fingerprint density at radius 2 is 1.97 bits per heavy atom. The summed E-state index contributed by atoms with van der Waals surface area (Å²) < 4.78 is 0. The van der Waals surface area contributed by atoms with Gasteiger partial charge in [-0.3, -0.25) is 15.1 Å². The fourth-order valence-electron chi connectivity index (χ4n) is 3.72. The Morgan fingerprint density at radius 3 is 2.86 bits per heavy atom. The molecule has 2 aliphatic heterocycles. The Balaban J connectivity index is 1.68. The summed E-state index contributed by atoms with van der Waals surface area (Å²) >= 11 is 1.58. The molecule has 0 bridgehead atoms.